The van der Waals surface area contributed by atoms with Crippen LogP contribution >= 0.6 is 0 Å². The van der Waals surface area contributed by atoms with Crippen molar-refractivity contribution >= 4 is 0 Å². The van der Waals surface area contributed by atoms with Gasteiger partial charge in [0.1, 0.15) is 0 Å². The van der Waals surface area contributed by atoms with E-state index in [0.717, 1.165) is 0 Å². The molecule has 0 aliphatic carbocycles. The maximum atomic E-state index is 3.29. The minimum absolute atomic E-state index is 2.37. The summed E-state index contributed by atoms with van der Waals surface area (Å²) >= 11 is 0. The predicted molar refractivity (Wildman–Crippen MR) is 65.1 cm³/mol. The van der Waals surface area contributed by atoms with Crippen LogP contribution in [0.4, 0.5) is 0 Å². The van der Waals surface area contributed by atoms with Crippen LogP contribution < -0.4 is 0 Å². The Morgan fingerprint density at radius 1 is 0.312 bits per heavy atom. The van der Waals surface area contributed by atoms with Gasteiger partial charge < -0.3 is 0 Å². The van der Waals surface area contributed by atoms with Gasteiger partial charge in [0.25, 0.3) is 0 Å². The lowest BCUT2D eigenvalue weighted by molar-refractivity contribution is 2.30. The first-order valence-corrected chi connectivity index (χ1v) is 3.96. The van der Waals surface area contributed by atoms with Crippen molar-refractivity contribution in [2.75, 3.05) is 0 Å². The van der Waals surface area contributed by atoms with E-state index in [4.69, 9.17) is 0 Å². The average Bonchev–Trinajstić information content (AvgIpc) is 2.31. The van der Waals surface area contributed by atoms with Crippen LogP contribution in [0.3, 0.4) is 0 Å². The monoisotopic (exact) mass is 196 g/mol. The fourth-order valence-electron chi connectivity index (χ4n) is 0.401. The summed E-state index contributed by atoms with van der Waals surface area (Å²) < 4.78 is 0. The Morgan fingerprint density at radius 2 is 0.500 bits per heavy atom. The fourth-order valence-corrected chi connectivity index (χ4v) is 0.401. The van der Waals surface area contributed by atoms with Crippen molar-refractivity contribution in [2.24, 2.45) is 0 Å². The SMILES string of the molecule is [CH2-]C#CC#CC#CC#CC#CC#CC#C[CH2-]. The highest BCUT2D eigenvalue weighted by molar-refractivity contribution is 5.45. The molecular formula is C16H4-2. The summed E-state index contributed by atoms with van der Waals surface area (Å²) in [6, 6.07) is 0. The van der Waals surface area contributed by atoms with E-state index >= 15 is 0 Å². The van der Waals surface area contributed by atoms with Crippen LogP contribution in [0, 0.1) is 96.7 Å². The van der Waals surface area contributed by atoms with Crippen molar-refractivity contribution in [3.05, 3.63) is 13.8 Å². The maximum absolute atomic E-state index is 3.29. The summed E-state index contributed by atoms with van der Waals surface area (Å²) in [4.78, 5) is 0. The molecule has 0 saturated heterocycles. The lowest BCUT2D eigenvalue weighted by atomic mass is 10.5. The Labute approximate surface area is 97.2 Å². The van der Waals surface area contributed by atoms with Crippen LogP contribution in [-0.2, 0) is 0 Å². The Hall–Kier alpha value is -3.34. The molecule has 0 aliphatic rings. The first kappa shape index (κ1) is 12.7. The molecule has 0 rings (SSSR count). The lowest BCUT2D eigenvalue weighted by Crippen LogP contribution is -1.55. The average molecular weight is 196 g/mol. The second-order valence-corrected chi connectivity index (χ2v) is 1.85. The predicted octanol–water partition coefficient (Wildman–Crippen LogP) is 0.678. The van der Waals surface area contributed by atoms with E-state index in [9.17, 15) is 0 Å². The molecule has 0 spiro atoms. The van der Waals surface area contributed by atoms with E-state index in [2.05, 4.69) is 96.7 Å². The minimum atomic E-state index is 2.37. The van der Waals surface area contributed by atoms with E-state index in [0.29, 0.717) is 0 Å². The normalized spacial score (nSPS) is 3.75. The summed E-state index contributed by atoms with van der Waals surface area (Å²) in [5.41, 5.74) is 0. The standard InChI is InChI=1S/C16H4/c1-3-5-7-9-11-13-15-16-14-12-10-8-6-4-2/h1-2H2/q-2. The molecular weight excluding hydrogens is 192 g/mol. The van der Waals surface area contributed by atoms with Gasteiger partial charge in [-0.3, -0.25) is 11.8 Å². The van der Waals surface area contributed by atoms with E-state index in [1.165, 1.54) is 0 Å². The smallest absolute Gasteiger partial charge is 0.000000914 e. The van der Waals surface area contributed by atoms with E-state index < -0.39 is 0 Å². The highest BCUT2D eigenvalue weighted by Crippen LogP contribution is 1.57. The van der Waals surface area contributed by atoms with Crippen LogP contribution in [0.2, 0.25) is 0 Å². The largest absolute Gasteiger partial charge is 0.284 e. The molecule has 0 amide bonds. The molecule has 16 heavy (non-hydrogen) atoms. The third kappa shape index (κ3) is 10.7. The Balaban J connectivity index is 4.23. The molecule has 0 heterocycles. The molecule has 0 aromatic heterocycles. The van der Waals surface area contributed by atoms with Crippen molar-refractivity contribution in [3.8, 4) is 82.9 Å². The van der Waals surface area contributed by atoms with Crippen molar-refractivity contribution < 1.29 is 0 Å². The van der Waals surface area contributed by atoms with Crippen LogP contribution in [0.1, 0.15) is 0 Å². The minimum Gasteiger partial charge on any atom is -0.284 e. The van der Waals surface area contributed by atoms with Gasteiger partial charge in [-0.2, -0.15) is 13.8 Å². The molecule has 0 saturated carbocycles. The topological polar surface area (TPSA) is 0 Å². The second-order valence-electron chi connectivity index (χ2n) is 1.85. The molecule has 0 fully saturated rings. The zero-order chi connectivity index (χ0) is 11.9. The molecule has 0 bridgehead atoms. The zero-order valence-electron chi connectivity index (χ0n) is 8.41. The highest BCUT2D eigenvalue weighted by atomic mass is 13.6. The number of hydrogen-bond acceptors (Lipinski definition) is 0. The molecule has 0 nitrogen and oxygen atoms in total. The molecule has 0 heteroatoms. The van der Waals surface area contributed by atoms with Gasteiger partial charge in [0.05, 0.1) is 0 Å². The van der Waals surface area contributed by atoms with Crippen LogP contribution in [0.25, 0.3) is 0 Å². The van der Waals surface area contributed by atoms with Gasteiger partial charge >= 0.3 is 0 Å². The first-order chi connectivity index (χ1) is 7.91. The summed E-state index contributed by atoms with van der Waals surface area (Å²) in [6.45, 7) is 6.58. The van der Waals surface area contributed by atoms with Gasteiger partial charge in [0.2, 0.25) is 0 Å². The molecule has 0 unspecified atom stereocenters. The molecule has 0 aromatic rings. The van der Waals surface area contributed by atoms with E-state index in [-0.39, 0.29) is 0 Å². The maximum Gasteiger partial charge on any atom is -0.000000914 e. The van der Waals surface area contributed by atoms with Crippen LogP contribution in [-0.4, -0.2) is 0 Å². The fraction of sp³-hybridized carbons (Fsp3) is 0. The Kier molecular flexibility index (Phi) is 9.23. The van der Waals surface area contributed by atoms with Gasteiger partial charge in [-0.15, -0.1) is 11.8 Å². The Morgan fingerprint density at radius 3 is 0.688 bits per heavy atom. The number of hydrogen-bond donors (Lipinski definition) is 0. The van der Waals surface area contributed by atoms with Gasteiger partial charge in [0, 0.05) is 0 Å². The summed E-state index contributed by atoms with van der Waals surface area (Å²) in [6.07, 6.45) is 0. The van der Waals surface area contributed by atoms with Gasteiger partial charge in [-0.25, -0.2) is 11.8 Å². The van der Waals surface area contributed by atoms with Crippen molar-refractivity contribution in [1.29, 1.82) is 0 Å². The van der Waals surface area contributed by atoms with E-state index in [1.54, 1.807) is 0 Å². The van der Waals surface area contributed by atoms with Crippen molar-refractivity contribution in [2.45, 2.75) is 0 Å². The van der Waals surface area contributed by atoms with Crippen molar-refractivity contribution in [1.82, 2.24) is 0 Å². The lowest BCUT2D eigenvalue weighted by Gasteiger charge is -1.65. The third-order valence-electron chi connectivity index (χ3n) is 0.864. The summed E-state index contributed by atoms with van der Waals surface area (Å²) in [7, 11) is 0. The quantitative estimate of drug-likeness (QED) is 0.395. The van der Waals surface area contributed by atoms with Crippen LogP contribution in [0.5, 0.6) is 0 Å². The van der Waals surface area contributed by atoms with E-state index in [1.807, 2.05) is 0 Å². The summed E-state index contributed by atoms with van der Waals surface area (Å²) in [5, 5.41) is 0. The molecule has 0 aromatic carbocycles. The third-order valence-corrected chi connectivity index (χ3v) is 0.864. The van der Waals surface area contributed by atoms with Gasteiger partial charge in [-0.05, 0) is 47.4 Å². The molecule has 0 radical (unpaired) electrons. The second kappa shape index (κ2) is 11.7. The summed E-state index contributed by atoms with van der Waals surface area (Å²) in [5.74, 6) is 34.4. The molecule has 0 N–H and O–H groups in total. The first-order valence-electron chi connectivity index (χ1n) is 3.96. The molecule has 0 aliphatic heterocycles. The van der Waals surface area contributed by atoms with Crippen molar-refractivity contribution in [3.63, 3.8) is 0 Å². The van der Waals surface area contributed by atoms with Gasteiger partial charge in [0.15, 0.2) is 0 Å². The number of rotatable bonds is 0. The Bertz CT molecular complexity index is 593. The zero-order valence-corrected chi connectivity index (χ0v) is 8.41. The molecule has 0 atom stereocenters. The highest BCUT2D eigenvalue weighted by Gasteiger charge is 1.54. The van der Waals surface area contributed by atoms with Gasteiger partial charge in [-0.1, -0.05) is 0 Å². The molecule has 70 valence electrons. The van der Waals surface area contributed by atoms with Crippen LogP contribution in [0.15, 0.2) is 0 Å².